The van der Waals surface area contributed by atoms with E-state index in [4.69, 9.17) is 4.74 Å². The van der Waals surface area contributed by atoms with Gasteiger partial charge in [-0.2, -0.15) is 0 Å². The molecule has 132 valence electrons. The van der Waals surface area contributed by atoms with Crippen LogP contribution in [0.2, 0.25) is 0 Å². The van der Waals surface area contributed by atoms with Crippen LogP contribution in [-0.2, 0) is 4.79 Å². The fourth-order valence-corrected chi connectivity index (χ4v) is 2.86. The number of aryl methyl sites for hydroxylation is 1. The third-order valence-corrected chi connectivity index (χ3v) is 4.24. The molecule has 0 atom stereocenters. The van der Waals surface area contributed by atoms with Gasteiger partial charge in [-0.15, -0.1) is 0 Å². The van der Waals surface area contributed by atoms with Crippen molar-refractivity contribution in [2.75, 3.05) is 37.7 Å². The van der Waals surface area contributed by atoms with Crippen LogP contribution in [0.3, 0.4) is 0 Å². The molecule has 2 aromatic rings. The zero-order valence-corrected chi connectivity index (χ0v) is 14.0. The summed E-state index contributed by atoms with van der Waals surface area (Å²) in [5, 5.41) is 0. The van der Waals surface area contributed by atoms with Crippen molar-refractivity contribution in [3.05, 3.63) is 59.7 Å². The number of amides is 1. The summed E-state index contributed by atoms with van der Waals surface area (Å²) in [7, 11) is 0. The van der Waals surface area contributed by atoms with Crippen molar-refractivity contribution in [1.82, 2.24) is 4.90 Å². The second kappa shape index (κ2) is 7.51. The van der Waals surface area contributed by atoms with Gasteiger partial charge in [-0.1, -0.05) is 12.1 Å². The summed E-state index contributed by atoms with van der Waals surface area (Å²) in [6.07, 6.45) is 0. The molecule has 1 amide bonds. The Morgan fingerprint density at radius 3 is 2.52 bits per heavy atom. The highest BCUT2D eigenvalue weighted by atomic mass is 19.1. The first-order chi connectivity index (χ1) is 12.0. The summed E-state index contributed by atoms with van der Waals surface area (Å²) < 4.78 is 31.6. The molecule has 3 rings (SSSR count). The topological polar surface area (TPSA) is 32.8 Å². The van der Waals surface area contributed by atoms with Crippen molar-refractivity contribution in [1.29, 1.82) is 0 Å². The predicted octanol–water partition coefficient (Wildman–Crippen LogP) is 3.00. The summed E-state index contributed by atoms with van der Waals surface area (Å²) >= 11 is 0. The number of ether oxygens (including phenoxy) is 1. The first-order valence-electron chi connectivity index (χ1n) is 8.20. The molecule has 1 aliphatic heterocycles. The normalized spacial score (nSPS) is 14.5. The van der Waals surface area contributed by atoms with Gasteiger partial charge in [0.05, 0.1) is 0 Å². The molecule has 25 heavy (non-hydrogen) atoms. The van der Waals surface area contributed by atoms with Gasteiger partial charge in [0.1, 0.15) is 5.82 Å². The first kappa shape index (κ1) is 17.2. The molecule has 2 aromatic carbocycles. The van der Waals surface area contributed by atoms with Gasteiger partial charge < -0.3 is 14.5 Å². The number of halogens is 2. The van der Waals surface area contributed by atoms with E-state index in [1.807, 2.05) is 6.07 Å². The van der Waals surface area contributed by atoms with E-state index in [1.165, 1.54) is 11.6 Å². The zero-order chi connectivity index (χ0) is 17.8. The third-order valence-electron chi connectivity index (χ3n) is 4.24. The van der Waals surface area contributed by atoms with E-state index in [9.17, 15) is 13.6 Å². The van der Waals surface area contributed by atoms with Crippen LogP contribution in [0.4, 0.5) is 14.5 Å². The number of piperazine rings is 1. The molecule has 0 saturated carbocycles. The lowest BCUT2D eigenvalue weighted by molar-refractivity contribution is -0.133. The number of hydrogen-bond donors (Lipinski definition) is 0. The lowest BCUT2D eigenvalue weighted by atomic mass is 10.2. The van der Waals surface area contributed by atoms with Gasteiger partial charge in [0, 0.05) is 37.9 Å². The molecular weight excluding hydrogens is 326 g/mol. The Kier molecular flexibility index (Phi) is 5.16. The van der Waals surface area contributed by atoms with Crippen molar-refractivity contribution < 1.29 is 18.3 Å². The first-order valence-corrected chi connectivity index (χ1v) is 8.20. The molecule has 0 unspecified atom stereocenters. The Balaban J connectivity index is 1.51. The molecule has 1 aliphatic rings. The van der Waals surface area contributed by atoms with E-state index in [1.54, 1.807) is 4.90 Å². The molecule has 0 bridgehead atoms. The Morgan fingerprint density at radius 1 is 1.08 bits per heavy atom. The number of rotatable bonds is 4. The van der Waals surface area contributed by atoms with Crippen LogP contribution < -0.4 is 9.64 Å². The van der Waals surface area contributed by atoms with Crippen LogP contribution in [0, 0.1) is 18.6 Å². The SMILES string of the molecule is Cc1cccc(N2CCN(C(=O)COc3ccc(F)cc3F)CC2)c1. The number of benzene rings is 2. The highest BCUT2D eigenvalue weighted by molar-refractivity contribution is 5.78. The molecule has 0 aromatic heterocycles. The van der Waals surface area contributed by atoms with Crippen LogP contribution in [-0.4, -0.2) is 43.6 Å². The van der Waals surface area contributed by atoms with Gasteiger partial charge in [-0.25, -0.2) is 8.78 Å². The Labute approximate surface area is 145 Å². The third kappa shape index (κ3) is 4.26. The number of hydrogen-bond acceptors (Lipinski definition) is 3. The minimum Gasteiger partial charge on any atom is -0.481 e. The standard InChI is InChI=1S/C19H20F2N2O2/c1-14-3-2-4-16(11-14)22-7-9-23(10-8-22)19(24)13-25-18-6-5-15(20)12-17(18)21/h2-6,11-12H,7-10,13H2,1H3. The lowest BCUT2D eigenvalue weighted by Crippen LogP contribution is -2.50. The Morgan fingerprint density at radius 2 is 1.84 bits per heavy atom. The second-order valence-corrected chi connectivity index (χ2v) is 6.07. The molecule has 1 heterocycles. The maximum Gasteiger partial charge on any atom is 0.260 e. The number of carbonyl (C=O) groups is 1. The van der Waals surface area contributed by atoms with Gasteiger partial charge in [-0.3, -0.25) is 4.79 Å². The summed E-state index contributed by atoms with van der Waals surface area (Å²) in [5.41, 5.74) is 2.35. The van der Waals surface area contributed by atoms with Crippen molar-refractivity contribution in [2.24, 2.45) is 0 Å². The number of carbonyl (C=O) groups excluding carboxylic acids is 1. The summed E-state index contributed by atoms with van der Waals surface area (Å²) in [6, 6.07) is 11.3. The predicted molar refractivity (Wildman–Crippen MR) is 91.8 cm³/mol. The number of nitrogens with zero attached hydrogens (tertiary/aromatic N) is 2. The fourth-order valence-electron chi connectivity index (χ4n) is 2.86. The summed E-state index contributed by atoms with van der Waals surface area (Å²) in [4.78, 5) is 16.2. The maximum atomic E-state index is 13.5. The van der Waals surface area contributed by atoms with Crippen LogP contribution in [0.1, 0.15) is 5.56 Å². The highest BCUT2D eigenvalue weighted by Crippen LogP contribution is 2.19. The van der Waals surface area contributed by atoms with Crippen LogP contribution >= 0.6 is 0 Å². The number of anilines is 1. The lowest BCUT2D eigenvalue weighted by Gasteiger charge is -2.36. The Bertz CT molecular complexity index is 759. The van der Waals surface area contributed by atoms with Gasteiger partial charge in [0.25, 0.3) is 5.91 Å². The van der Waals surface area contributed by atoms with Gasteiger partial charge in [0.15, 0.2) is 18.2 Å². The minimum atomic E-state index is -0.808. The van der Waals surface area contributed by atoms with Crippen molar-refractivity contribution in [3.8, 4) is 5.75 Å². The monoisotopic (exact) mass is 346 g/mol. The molecule has 4 nitrogen and oxygen atoms in total. The minimum absolute atomic E-state index is 0.117. The van der Waals surface area contributed by atoms with Crippen molar-refractivity contribution in [3.63, 3.8) is 0 Å². The summed E-state index contributed by atoms with van der Waals surface area (Å²) in [6.45, 7) is 4.44. The molecule has 1 fully saturated rings. The van der Waals surface area contributed by atoms with Gasteiger partial charge >= 0.3 is 0 Å². The van der Waals surface area contributed by atoms with E-state index in [0.29, 0.717) is 13.1 Å². The van der Waals surface area contributed by atoms with E-state index < -0.39 is 11.6 Å². The van der Waals surface area contributed by atoms with E-state index >= 15 is 0 Å². The smallest absolute Gasteiger partial charge is 0.260 e. The van der Waals surface area contributed by atoms with Crippen LogP contribution in [0.15, 0.2) is 42.5 Å². The molecule has 0 N–H and O–H groups in total. The largest absolute Gasteiger partial charge is 0.481 e. The van der Waals surface area contributed by atoms with Gasteiger partial charge in [0.2, 0.25) is 0 Å². The fraction of sp³-hybridized carbons (Fsp3) is 0.316. The average molecular weight is 346 g/mol. The summed E-state index contributed by atoms with van der Waals surface area (Å²) in [5.74, 6) is -1.80. The molecule has 0 spiro atoms. The molecule has 0 aliphatic carbocycles. The average Bonchev–Trinajstić information content (AvgIpc) is 2.61. The maximum absolute atomic E-state index is 13.5. The van der Waals surface area contributed by atoms with Gasteiger partial charge in [-0.05, 0) is 36.8 Å². The zero-order valence-electron chi connectivity index (χ0n) is 14.0. The molecule has 1 saturated heterocycles. The second-order valence-electron chi connectivity index (χ2n) is 6.07. The van der Waals surface area contributed by atoms with Crippen LogP contribution in [0.5, 0.6) is 5.75 Å². The molecular formula is C19H20F2N2O2. The van der Waals surface area contributed by atoms with E-state index in [-0.39, 0.29) is 18.3 Å². The van der Waals surface area contributed by atoms with Crippen molar-refractivity contribution in [2.45, 2.75) is 6.92 Å². The Hall–Kier alpha value is -2.63. The van der Waals surface area contributed by atoms with E-state index in [2.05, 4.69) is 30.0 Å². The molecule has 0 radical (unpaired) electrons. The van der Waals surface area contributed by atoms with Crippen molar-refractivity contribution >= 4 is 11.6 Å². The van der Waals surface area contributed by atoms with E-state index in [0.717, 1.165) is 30.9 Å². The molecule has 6 heteroatoms. The van der Waals surface area contributed by atoms with Crippen LogP contribution in [0.25, 0.3) is 0 Å². The quantitative estimate of drug-likeness (QED) is 0.853. The highest BCUT2D eigenvalue weighted by Gasteiger charge is 2.22.